The fourth-order valence-corrected chi connectivity index (χ4v) is 2.76. The Morgan fingerprint density at radius 3 is 2.60 bits per heavy atom. The molecular formula is C17H23N3. The molecule has 0 amide bonds. The highest BCUT2D eigenvalue weighted by Crippen LogP contribution is 2.43. The van der Waals surface area contributed by atoms with Crippen LogP contribution in [0.1, 0.15) is 42.6 Å². The molecule has 1 aliphatic carbocycles. The van der Waals surface area contributed by atoms with Crippen molar-refractivity contribution in [2.24, 2.45) is 13.0 Å². The van der Waals surface area contributed by atoms with Crippen LogP contribution in [0.15, 0.2) is 30.5 Å². The highest BCUT2D eigenvalue weighted by atomic mass is 15.3. The van der Waals surface area contributed by atoms with Crippen LogP contribution in [0.2, 0.25) is 0 Å². The van der Waals surface area contributed by atoms with Crippen molar-refractivity contribution in [1.29, 1.82) is 0 Å². The van der Waals surface area contributed by atoms with Crippen LogP contribution in [-0.4, -0.2) is 9.78 Å². The van der Waals surface area contributed by atoms with Crippen LogP contribution in [0, 0.1) is 12.8 Å². The minimum absolute atomic E-state index is 0.421. The highest BCUT2D eigenvalue weighted by molar-refractivity contribution is 5.49. The van der Waals surface area contributed by atoms with Crippen LogP contribution in [0.4, 0.5) is 5.69 Å². The molecule has 3 nitrogen and oxygen atoms in total. The number of aryl methyl sites for hydroxylation is 3. The summed E-state index contributed by atoms with van der Waals surface area (Å²) in [5.41, 5.74) is 5.06. The highest BCUT2D eigenvalue weighted by Gasteiger charge is 2.32. The van der Waals surface area contributed by atoms with Crippen LogP contribution < -0.4 is 5.32 Å². The van der Waals surface area contributed by atoms with Crippen molar-refractivity contribution >= 4 is 5.69 Å². The molecule has 0 spiro atoms. The molecule has 3 rings (SSSR count). The van der Waals surface area contributed by atoms with E-state index in [0.29, 0.717) is 6.04 Å². The van der Waals surface area contributed by atoms with Crippen molar-refractivity contribution < 1.29 is 0 Å². The number of rotatable bonds is 5. The lowest BCUT2D eigenvalue weighted by Crippen LogP contribution is -2.13. The molecule has 20 heavy (non-hydrogen) atoms. The first-order valence-electron chi connectivity index (χ1n) is 7.53. The quantitative estimate of drug-likeness (QED) is 0.893. The van der Waals surface area contributed by atoms with E-state index in [1.807, 2.05) is 11.7 Å². The fourth-order valence-electron chi connectivity index (χ4n) is 2.76. The van der Waals surface area contributed by atoms with Gasteiger partial charge in [0.15, 0.2) is 0 Å². The molecule has 1 heterocycles. The first-order chi connectivity index (χ1) is 9.67. The van der Waals surface area contributed by atoms with E-state index in [4.69, 9.17) is 0 Å². The average Bonchev–Trinajstić information content (AvgIpc) is 3.21. The lowest BCUT2D eigenvalue weighted by molar-refractivity contribution is 0.677. The van der Waals surface area contributed by atoms with Gasteiger partial charge in [-0.2, -0.15) is 5.10 Å². The Morgan fingerprint density at radius 1 is 1.30 bits per heavy atom. The maximum Gasteiger partial charge on any atom is 0.0853 e. The van der Waals surface area contributed by atoms with Crippen molar-refractivity contribution in [2.75, 3.05) is 5.32 Å². The predicted molar refractivity (Wildman–Crippen MR) is 82.9 cm³/mol. The molecule has 0 bridgehead atoms. The maximum absolute atomic E-state index is 4.52. The zero-order chi connectivity index (χ0) is 14.1. The Morgan fingerprint density at radius 2 is 2.00 bits per heavy atom. The molecule has 1 fully saturated rings. The number of hydrogen-bond acceptors (Lipinski definition) is 2. The second-order valence-corrected chi connectivity index (χ2v) is 5.89. The fraction of sp³-hybridized carbons (Fsp3) is 0.471. The molecule has 1 unspecified atom stereocenters. The van der Waals surface area contributed by atoms with Crippen molar-refractivity contribution in [3.05, 3.63) is 47.3 Å². The molecule has 1 aliphatic rings. The van der Waals surface area contributed by atoms with Gasteiger partial charge in [0.25, 0.3) is 0 Å². The Kier molecular flexibility index (Phi) is 3.51. The van der Waals surface area contributed by atoms with E-state index in [-0.39, 0.29) is 0 Å². The molecule has 1 aromatic heterocycles. The minimum atomic E-state index is 0.421. The molecule has 0 radical (unpaired) electrons. The average molecular weight is 269 g/mol. The monoisotopic (exact) mass is 269 g/mol. The lowest BCUT2D eigenvalue weighted by atomic mass is 10.0. The molecule has 0 aliphatic heterocycles. The van der Waals surface area contributed by atoms with Gasteiger partial charge in [0.1, 0.15) is 0 Å². The van der Waals surface area contributed by atoms with Gasteiger partial charge in [0.2, 0.25) is 0 Å². The summed E-state index contributed by atoms with van der Waals surface area (Å²) in [5.74, 6) is 0.766. The SMILES string of the molecule is CCc1nn(C)cc1NC(c1ccc(C)cc1)C1CC1. The summed E-state index contributed by atoms with van der Waals surface area (Å²) in [6.45, 7) is 4.30. The second kappa shape index (κ2) is 5.31. The van der Waals surface area contributed by atoms with E-state index < -0.39 is 0 Å². The molecule has 1 saturated carbocycles. The van der Waals surface area contributed by atoms with Gasteiger partial charge in [-0.1, -0.05) is 36.8 Å². The normalized spacial score (nSPS) is 16.1. The Balaban J connectivity index is 1.86. The maximum atomic E-state index is 4.52. The summed E-state index contributed by atoms with van der Waals surface area (Å²) in [6.07, 6.45) is 5.72. The molecule has 1 aromatic carbocycles. The third-order valence-corrected chi connectivity index (χ3v) is 4.08. The molecule has 106 valence electrons. The number of aromatic nitrogens is 2. The second-order valence-electron chi connectivity index (χ2n) is 5.89. The zero-order valence-electron chi connectivity index (χ0n) is 12.6. The Hall–Kier alpha value is -1.77. The number of anilines is 1. The van der Waals surface area contributed by atoms with Crippen LogP contribution >= 0.6 is 0 Å². The van der Waals surface area contributed by atoms with Crippen LogP contribution in [0.5, 0.6) is 0 Å². The predicted octanol–water partition coefficient (Wildman–Crippen LogP) is 3.85. The number of hydrogen-bond donors (Lipinski definition) is 1. The van der Waals surface area contributed by atoms with Gasteiger partial charge < -0.3 is 5.32 Å². The van der Waals surface area contributed by atoms with E-state index >= 15 is 0 Å². The third-order valence-electron chi connectivity index (χ3n) is 4.08. The molecule has 1 N–H and O–H groups in total. The minimum Gasteiger partial charge on any atom is -0.375 e. The van der Waals surface area contributed by atoms with Crippen molar-refractivity contribution in [3.63, 3.8) is 0 Å². The summed E-state index contributed by atoms with van der Waals surface area (Å²) in [5, 5.41) is 8.26. The van der Waals surface area contributed by atoms with Crippen molar-refractivity contribution in [1.82, 2.24) is 9.78 Å². The van der Waals surface area contributed by atoms with E-state index in [0.717, 1.165) is 18.0 Å². The summed E-state index contributed by atoms with van der Waals surface area (Å²) in [7, 11) is 1.99. The van der Waals surface area contributed by atoms with Gasteiger partial charge in [-0.3, -0.25) is 4.68 Å². The molecule has 1 atom stereocenters. The zero-order valence-corrected chi connectivity index (χ0v) is 12.6. The van der Waals surface area contributed by atoms with E-state index in [2.05, 4.69) is 54.7 Å². The number of nitrogens with one attached hydrogen (secondary N) is 1. The van der Waals surface area contributed by atoms with E-state index in [1.54, 1.807) is 0 Å². The van der Waals surface area contributed by atoms with Gasteiger partial charge in [0, 0.05) is 13.2 Å². The molecular weight excluding hydrogens is 246 g/mol. The van der Waals surface area contributed by atoms with Gasteiger partial charge in [-0.15, -0.1) is 0 Å². The van der Waals surface area contributed by atoms with Gasteiger partial charge in [-0.05, 0) is 37.7 Å². The van der Waals surface area contributed by atoms with Crippen molar-refractivity contribution in [2.45, 2.75) is 39.2 Å². The van der Waals surface area contributed by atoms with Crippen LogP contribution in [-0.2, 0) is 13.5 Å². The lowest BCUT2D eigenvalue weighted by Gasteiger charge is -2.20. The van der Waals surface area contributed by atoms with Gasteiger partial charge in [0.05, 0.1) is 17.4 Å². The Bertz CT molecular complexity index is 579. The van der Waals surface area contributed by atoms with E-state index in [1.165, 1.54) is 29.7 Å². The molecule has 2 aromatic rings. The topological polar surface area (TPSA) is 29.9 Å². The van der Waals surface area contributed by atoms with Crippen LogP contribution in [0.25, 0.3) is 0 Å². The molecule has 0 saturated heterocycles. The first-order valence-corrected chi connectivity index (χ1v) is 7.53. The Labute approximate surface area is 121 Å². The largest absolute Gasteiger partial charge is 0.375 e. The molecule has 3 heteroatoms. The smallest absolute Gasteiger partial charge is 0.0853 e. The summed E-state index contributed by atoms with van der Waals surface area (Å²) >= 11 is 0. The summed E-state index contributed by atoms with van der Waals surface area (Å²) in [4.78, 5) is 0. The summed E-state index contributed by atoms with van der Waals surface area (Å²) in [6, 6.07) is 9.35. The van der Waals surface area contributed by atoms with Crippen molar-refractivity contribution in [3.8, 4) is 0 Å². The summed E-state index contributed by atoms with van der Waals surface area (Å²) < 4.78 is 1.90. The first kappa shape index (κ1) is 13.2. The standard InChI is InChI=1S/C17H23N3/c1-4-15-16(11-20(3)19-15)18-17(14-9-10-14)13-7-5-12(2)6-8-13/h5-8,11,14,17-18H,4,9-10H2,1-3H3. The van der Waals surface area contributed by atoms with Crippen LogP contribution in [0.3, 0.4) is 0 Å². The van der Waals surface area contributed by atoms with Gasteiger partial charge >= 0.3 is 0 Å². The number of nitrogens with zero attached hydrogens (tertiary/aromatic N) is 2. The number of benzene rings is 1. The third kappa shape index (κ3) is 2.72. The van der Waals surface area contributed by atoms with Gasteiger partial charge in [-0.25, -0.2) is 0 Å². The van der Waals surface area contributed by atoms with E-state index in [9.17, 15) is 0 Å².